The Kier molecular flexibility index (Phi) is 4.07. The number of anilines is 1. The molecule has 0 aliphatic rings. The molecular formula is C10H14N6O2S. The molecule has 0 aromatic carbocycles. The summed E-state index contributed by atoms with van der Waals surface area (Å²) in [5, 5.41) is 21.9. The number of thiazole rings is 1. The van der Waals surface area contributed by atoms with Crippen LogP contribution in [0.25, 0.3) is 0 Å². The molecule has 4 N–H and O–H groups in total. The second kappa shape index (κ2) is 5.76. The molecule has 0 aliphatic carbocycles. The molecule has 0 saturated carbocycles. The third-order valence-corrected chi connectivity index (χ3v) is 3.36. The maximum atomic E-state index is 10.7. The lowest BCUT2D eigenvalue weighted by atomic mass is 10.2. The van der Waals surface area contributed by atoms with E-state index in [-0.39, 0.29) is 0 Å². The van der Waals surface area contributed by atoms with Gasteiger partial charge in [0.05, 0.1) is 12.2 Å². The maximum Gasteiger partial charge on any atom is 0.326 e. The van der Waals surface area contributed by atoms with E-state index in [0.717, 1.165) is 12.4 Å². The van der Waals surface area contributed by atoms with E-state index >= 15 is 0 Å². The highest BCUT2D eigenvalue weighted by Gasteiger charge is 2.17. The van der Waals surface area contributed by atoms with Crippen molar-refractivity contribution in [2.24, 2.45) is 5.73 Å². The fourth-order valence-corrected chi connectivity index (χ4v) is 2.22. The van der Waals surface area contributed by atoms with E-state index in [0.29, 0.717) is 17.4 Å². The second-order valence-corrected chi connectivity index (χ2v) is 4.64. The van der Waals surface area contributed by atoms with Crippen LogP contribution in [0.5, 0.6) is 0 Å². The second-order valence-electron chi connectivity index (χ2n) is 3.78. The summed E-state index contributed by atoms with van der Waals surface area (Å²) in [6, 6.07) is -1.09. The minimum absolute atomic E-state index is 0.344. The summed E-state index contributed by atoms with van der Waals surface area (Å²) in [4.78, 5) is 14.9. The third-order valence-electron chi connectivity index (χ3n) is 2.54. The quantitative estimate of drug-likeness (QED) is 0.703. The van der Waals surface area contributed by atoms with Gasteiger partial charge in [0.15, 0.2) is 11.0 Å². The van der Waals surface area contributed by atoms with E-state index in [1.54, 1.807) is 11.7 Å². The Morgan fingerprint density at radius 1 is 1.68 bits per heavy atom. The number of carbonyl (C=O) groups is 1. The highest BCUT2D eigenvalue weighted by Crippen LogP contribution is 2.20. The molecule has 1 atom stereocenters. The summed E-state index contributed by atoms with van der Waals surface area (Å²) in [5.74, 6) is -0.302. The summed E-state index contributed by atoms with van der Waals surface area (Å²) in [6.45, 7) is 3.26. The van der Waals surface area contributed by atoms with Crippen molar-refractivity contribution in [1.82, 2.24) is 19.7 Å². The predicted octanol–water partition coefficient (Wildman–Crippen LogP) is 0.451. The van der Waals surface area contributed by atoms with Gasteiger partial charge in [-0.2, -0.15) is 0 Å². The van der Waals surface area contributed by atoms with E-state index in [1.807, 2.05) is 11.5 Å². The number of nitrogens with one attached hydrogen (secondary N) is 1. The van der Waals surface area contributed by atoms with E-state index in [4.69, 9.17) is 10.8 Å². The fraction of sp³-hybridized carbons (Fsp3) is 0.400. The zero-order valence-electron chi connectivity index (χ0n) is 10.3. The minimum atomic E-state index is -1.09. The first-order valence-electron chi connectivity index (χ1n) is 5.66. The monoisotopic (exact) mass is 282 g/mol. The first-order chi connectivity index (χ1) is 9.11. The highest BCUT2D eigenvalue weighted by atomic mass is 32.1. The number of carboxylic acid groups (broad SMARTS) is 1. The predicted molar refractivity (Wildman–Crippen MR) is 69.7 cm³/mol. The molecular weight excluding hydrogens is 268 g/mol. The third kappa shape index (κ3) is 3.06. The van der Waals surface area contributed by atoms with Gasteiger partial charge in [-0.05, 0) is 6.92 Å². The smallest absolute Gasteiger partial charge is 0.326 e. The molecule has 2 aromatic rings. The van der Waals surface area contributed by atoms with Gasteiger partial charge in [0.1, 0.15) is 12.4 Å². The summed E-state index contributed by atoms with van der Waals surface area (Å²) < 4.78 is 1.91. The Morgan fingerprint density at radius 2 is 2.47 bits per heavy atom. The number of hydrogen-bond donors (Lipinski definition) is 3. The van der Waals surface area contributed by atoms with Gasteiger partial charge in [0, 0.05) is 11.9 Å². The van der Waals surface area contributed by atoms with Crippen LogP contribution in [-0.2, 0) is 17.9 Å². The van der Waals surface area contributed by atoms with Crippen molar-refractivity contribution in [2.75, 3.05) is 5.32 Å². The number of nitrogens with two attached hydrogens (primary N) is 1. The lowest BCUT2D eigenvalue weighted by Gasteiger charge is -2.04. The van der Waals surface area contributed by atoms with Crippen molar-refractivity contribution >= 4 is 22.4 Å². The van der Waals surface area contributed by atoms with Gasteiger partial charge in [-0.15, -0.1) is 21.5 Å². The molecule has 0 fully saturated rings. The average Bonchev–Trinajstić information content (AvgIpc) is 3.03. The number of hydrogen-bond acceptors (Lipinski definition) is 7. The number of aliphatic carboxylic acids is 1. The van der Waals surface area contributed by atoms with Gasteiger partial charge in [-0.3, -0.25) is 4.79 Å². The summed E-state index contributed by atoms with van der Waals surface area (Å²) in [5.41, 5.74) is 5.82. The first-order valence-corrected chi connectivity index (χ1v) is 6.54. The number of aryl methyl sites for hydroxylation is 1. The molecule has 2 aromatic heterocycles. The maximum absolute atomic E-state index is 10.7. The lowest BCUT2D eigenvalue weighted by molar-refractivity contribution is -0.138. The number of aromatic nitrogens is 4. The molecule has 0 radical (unpaired) electrons. The van der Waals surface area contributed by atoms with Crippen molar-refractivity contribution in [3.05, 3.63) is 23.2 Å². The van der Waals surface area contributed by atoms with Crippen molar-refractivity contribution in [3.63, 3.8) is 0 Å². The minimum Gasteiger partial charge on any atom is -0.480 e. The SMILES string of the molecule is CCn1cnnc1CNc1nc(C(N)C(=O)O)cs1. The van der Waals surface area contributed by atoms with E-state index in [9.17, 15) is 4.79 Å². The van der Waals surface area contributed by atoms with Gasteiger partial charge < -0.3 is 20.7 Å². The Bertz CT molecular complexity index is 566. The molecule has 9 heteroatoms. The Labute approximate surface area is 113 Å². The van der Waals surface area contributed by atoms with Gasteiger partial charge in [0.25, 0.3) is 0 Å². The summed E-state index contributed by atoms with van der Waals surface area (Å²) >= 11 is 1.31. The molecule has 0 bridgehead atoms. The Morgan fingerprint density at radius 3 is 3.16 bits per heavy atom. The molecule has 0 amide bonds. The van der Waals surface area contributed by atoms with Gasteiger partial charge in [-0.25, -0.2) is 4.98 Å². The van der Waals surface area contributed by atoms with Crippen molar-refractivity contribution < 1.29 is 9.90 Å². The van der Waals surface area contributed by atoms with Crippen LogP contribution in [0.15, 0.2) is 11.7 Å². The lowest BCUT2D eigenvalue weighted by Crippen LogP contribution is -2.20. The Hall–Kier alpha value is -2.00. The van der Waals surface area contributed by atoms with Gasteiger partial charge >= 0.3 is 5.97 Å². The van der Waals surface area contributed by atoms with Gasteiger partial charge in [-0.1, -0.05) is 0 Å². The zero-order valence-corrected chi connectivity index (χ0v) is 11.1. The molecule has 0 aliphatic heterocycles. The molecule has 0 spiro atoms. The molecule has 19 heavy (non-hydrogen) atoms. The zero-order chi connectivity index (χ0) is 13.8. The molecule has 0 saturated heterocycles. The average molecular weight is 282 g/mol. The fourth-order valence-electron chi connectivity index (χ4n) is 1.47. The highest BCUT2D eigenvalue weighted by molar-refractivity contribution is 7.13. The van der Waals surface area contributed by atoms with Crippen molar-refractivity contribution in [3.8, 4) is 0 Å². The normalized spacial score (nSPS) is 12.3. The number of rotatable bonds is 6. The molecule has 8 nitrogen and oxygen atoms in total. The van der Waals surface area contributed by atoms with Crippen LogP contribution < -0.4 is 11.1 Å². The first kappa shape index (κ1) is 13.4. The summed E-state index contributed by atoms with van der Waals surface area (Å²) in [6.07, 6.45) is 1.66. The van der Waals surface area contributed by atoms with E-state index in [1.165, 1.54) is 11.3 Å². The Balaban J connectivity index is 1.99. The molecule has 1 unspecified atom stereocenters. The largest absolute Gasteiger partial charge is 0.480 e. The van der Waals surface area contributed by atoms with E-state index < -0.39 is 12.0 Å². The van der Waals surface area contributed by atoms with Crippen LogP contribution in [0.3, 0.4) is 0 Å². The van der Waals surface area contributed by atoms with Crippen LogP contribution in [0, 0.1) is 0 Å². The number of nitrogens with zero attached hydrogens (tertiary/aromatic N) is 4. The number of carboxylic acids is 1. The standard InChI is InChI=1S/C10H14N6O2S/c1-2-16-5-13-15-7(16)3-12-10-14-6(4-19-10)8(11)9(17)18/h4-5,8H,2-3,11H2,1H3,(H,12,14)(H,17,18). The van der Waals surface area contributed by atoms with Crippen LogP contribution in [0.2, 0.25) is 0 Å². The van der Waals surface area contributed by atoms with Crippen LogP contribution in [0.4, 0.5) is 5.13 Å². The van der Waals surface area contributed by atoms with Crippen molar-refractivity contribution in [2.45, 2.75) is 26.1 Å². The molecule has 2 rings (SSSR count). The summed E-state index contributed by atoms with van der Waals surface area (Å²) in [7, 11) is 0. The molecule has 102 valence electrons. The van der Waals surface area contributed by atoms with Crippen molar-refractivity contribution in [1.29, 1.82) is 0 Å². The van der Waals surface area contributed by atoms with Crippen LogP contribution >= 0.6 is 11.3 Å². The van der Waals surface area contributed by atoms with Crippen LogP contribution in [-0.4, -0.2) is 30.8 Å². The topological polar surface area (TPSA) is 119 Å². The van der Waals surface area contributed by atoms with E-state index in [2.05, 4.69) is 20.5 Å². The van der Waals surface area contributed by atoms with Gasteiger partial charge in [0.2, 0.25) is 0 Å². The van der Waals surface area contributed by atoms with Crippen LogP contribution in [0.1, 0.15) is 24.5 Å². The molecule has 2 heterocycles.